The van der Waals surface area contributed by atoms with Crippen LogP contribution in [0.1, 0.15) is 5.56 Å². The average molecular weight is 300 g/mol. The molecule has 0 aliphatic rings. The summed E-state index contributed by atoms with van der Waals surface area (Å²) in [5, 5.41) is 9.59. The van der Waals surface area contributed by atoms with Crippen molar-refractivity contribution in [2.24, 2.45) is 0 Å². The van der Waals surface area contributed by atoms with E-state index in [1.807, 2.05) is 36.7 Å². The highest BCUT2D eigenvalue weighted by atomic mass is 16.3. The zero-order valence-corrected chi connectivity index (χ0v) is 12.6. The standard InChI is InChI=1S/C20H16N2O/c23-18-5-3-4-17(12-18)16-10-8-15(9-11-16)13-22-14-21-19-6-1-2-7-20(19)22/h1-12,14,23H,13H2. The van der Waals surface area contributed by atoms with Gasteiger partial charge in [0.1, 0.15) is 5.75 Å². The summed E-state index contributed by atoms with van der Waals surface area (Å²) in [7, 11) is 0. The molecule has 1 heterocycles. The van der Waals surface area contributed by atoms with Crippen molar-refractivity contribution in [2.75, 3.05) is 0 Å². The highest BCUT2D eigenvalue weighted by molar-refractivity contribution is 5.75. The predicted molar refractivity (Wildman–Crippen MR) is 92.4 cm³/mol. The molecule has 0 aliphatic heterocycles. The molecule has 1 aromatic heterocycles. The summed E-state index contributed by atoms with van der Waals surface area (Å²) in [6, 6.07) is 23.9. The minimum atomic E-state index is 0.288. The van der Waals surface area contributed by atoms with Crippen molar-refractivity contribution in [3.8, 4) is 16.9 Å². The van der Waals surface area contributed by atoms with E-state index in [1.165, 1.54) is 5.56 Å². The van der Waals surface area contributed by atoms with Crippen LogP contribution in [0.3, 0.4) is 0 Å². The minimum Gasteiger partial charge on any atom is -0.508 e. The van der Waals surface area contributed by atoms with Crippen LogP contribution in [0.5, 0.6) is 5.75 Å². The Balaban J connectivity index is 1.61. The Kier molecular flexibility index (Phi) is 3.31. The van der Waals surface area contributed by atoms with Crippen LogP contribution in [0.25, 0.3) is 22.2 Å². The van der Waals surface area contributed by atoms with E-state index in [1.54, 1.807) is 12.1 Å². The highest BCUT2D eigenvalue weighted by Gasteiger charge is 2.03. The first-order valence-corrected chi connectivity index (χ1v) is 7.58. The van der Waals surface area contributed by atoms with E-state index in [-0.39, 0.29) is 5.75 Å². The Morgan fingerprint density at radius 1 is 0.826 bits per heavy atom. The molecule has 0 saturated carbocycles. The maximum Gasteiger partial charge on any atom is 0.116 e. The van der Waals surface area contributed by atoms with E-state index >= 15 is 0 Å². The van der Waals surface area contributed by atoms with E-state index in [9.17, 15) is 5.11 Å². The fourth-order valence-electron chi connectivity index (χ4n) is 2.82. The molecular weight excluding hydrogens is 284 g/mol. The van der Waals surface area contributed by atoms with E-state index in [4.69, 9.17) is 0 Å². The predicted octanol–water partition coefficient (Wildman–Crippen LogP) is 4.46. The van der Waals surface area contributed by atoms with Gasteiger partial charge in [-0.1, -0.05) is 48.5 Å². The van der Waals surface area contributed by atoms with Crippen LogP contribution in [0, 0.1) is 0 Å². The molecular formula is C20H16N2O. The van der Waals surface area contributed by atoms with Crippen molar-refractivity contribution in [2.45, 2.75) is 6.54 Å². The third-order valence-corrected chi connectivity index (χ3v) is 4.01. The summed E-state index contributed by atoms with van der Waals surface area (Å²) >= 11 is 0. The molecule has 0 fully saturated rings. The fourth-order valence-corrected chi connectivity index (χ4v) is 2.82. The number of hydrogen-bond donors (Lipinski definition) is 1. The Bertz CT molecular complexity index is 955. The second-order valence-electron chi connectivity index (χ2n) is 5.61. The van der Waals surface area contributed by atoms with Gasteiger partial charge < -0.3 is 9.67 Å². The van der Waals surface area contributed by atoms with Crippen molar-refractivity contribution in [3.63, 3.8) is 0 Å². The van der Waals surface area contributed by atoms with Crippen molar-refractivity contribution in [1.29, 1.82) is 0 Å². The Morgan fingerprint density at radius 3 is 2.48 bits per heavy atom. The lowest BCUT2D eigenvalue weighted by Gasteiger charge is -2.07. The Morgan fingerprint density at radius 2 is 1.65 bits per heavy atom. The summed E-state index contributed by atoms with van der Waals surface area (Å²) in [6.45, 7) is 0.792. The van der Waals surface area contributed by atoms with Gasteiger partial charge in [-0.2, -0.15) is 0 Å². The minimum absolute atomic E-state index is 0.288. The first-order chi connectivity index (χ1) is 11.3. The average Bonchev–Trinajstić information content (AvgIpc) is 2.99. The van der Waals surface area contributed by atoms with Gasteiger partial charge >= 0.3 is 0 Å². The SMILES string of the molecule is Oc1cccc(-c2ccc(Cn3cnc4ccccc43)cc2)c1. The first kappa shape index (κ1) is 13.6. The number of imidazole rings is 1. The molecule has 0 saturated heterocycles. The van der Waals surface area contributed by atoms with Crippen molar-refractivity contribution in [1.82, 2.24) is 9.55 Å². The number of phenols is 1. The molecule has 4 aromatic rings. The molecule has 3 nitrogen and oxygen atoms in total. The van der Waals surface area contributed by atoms with Crippen molar-refractivity contribution >= 4 is 11.0 Å². The van der Waals surface area contributed by atoms with Crippen LogP contribution >= 0.6 is 0 Å². The number of rotatable bonds is 3. The van der Waals surface area contributed by atoms with Gasteiger partial charge in [-0.15, -0.1) is 0 Å². The van der Waals surface area contributed by atoms with E-state index in [2.05, 4.69) is 39.9 Å². The van der Waals surface area contributed by atoms with Crippen LogP contribution in [-0.4, -0.2) is 14.7 Å². The molecule has 0 radical (unpaired) electrons. The Hall–Kier alpha value is -3.07. The molecule has 0 spiro atoms. The second kappa shape index (κ2) is 5.61. The molecule has 0 aliphatic carbocycles. The first-order valence-electron chi connectivity index (χ1n) is 7.58. The lowest BCUT2D eigenvalue weighted by atomic mass is 10.0. The van der Waals surface area contributed by atoms with Crippen LogP contribution in [0.4, 0.5) is 0 Å². The van der Waals surface area contributed by atoms with Gasteiger partial charge in [0.15, 0.2) is 0 Å². The van der Waals surface area contributed by atoms with Crippen LogP contribution in [0.15, 0.2) is 79.1 Å². The van der Waals surface area contributed by atoms with Crippen LogP contribution < -0.4 is 0 Å². The monoisotopic (exact) mass is 300 g/mol. The molecule has 3 aromatic carbocycles. The summed E-state index contributed by atoms with van der Waals surface area (Å²) in [5.41, 5.74) is 5.50. The van der Waals surface area contributed by atoms with Gasteiger partial charge in [-0.05, 0) is 41.0 Å². The van der Waals surface area contributed by atoms with Crippen LogP contribution in [0.2, 0.25) is 0 Å². The van der Waals surface area contributed by atoms with E-state index in [0.717, 1.165) is 28.7 Å². The molecule has 112 valence electrons. The van der Waals surface area contributed by atoms with Gasteiger partial charge in [0, 0.05) is 6.54 Å². The molecule has 4 rings (SSSR count). The topological polar surface area (TPSA) is 38.0 Å². The summed E-state index contributed by atoms with van der Waals surface area (Å²) in [6.07, 6.45) is 1.88. The summed E-state index contributed by atoms with van der Waals surface area (Å²) in [5.74, 6) is 0.288. The van der Waals surface area contributed by atoms with Gasteiger partial charge in [-0.3, -0.25) is 0 Å². The maximum absolute atomic E-state index is 9.59. The van der Waals surface area contributed by atoms with E-state index in [0.29, 0.717) is 0 Å². The quantitative estimate of drug-likeness (QED) is 0.606. The van der Waals surface area contributed by atoms with Gasteiger partial charge in [-0.25, -0.2) is 4.98 Å². The molecule has 0 atom stereocenters. The Labute approximate surface area is 134 Å². The van der Waals surface area contributed by atoms with Gasteiger partial charge in [0.25, 0.3) is 0 Å². The smallest absolute Gasteiger partial charge is 0.116 e. The van der Waals surface area contributed by atoms with Gasteiger partial charge in [0.05, 0.1) is 17.4 Å². The molecule has 3 heteroatoms. The lowest BCUT2D eigenvalue weighted by molar-refractivity contribution is 0.475. The van der Waals surface area contributed by atoms with E-state index < -0.39 is 0 Å². The number of aromatic nitrogens is 2. The fraction of sp³-hybridized carbons (Fsp3) is 0.0500. The van der Waals surface area contributed by atoms with Crippen molar-refractivity contribution in [3.05, 3.63) is 84.7 Å². The third kappa shape index (κ3) is 2.69. The lowest BCUT2D eigenvalue weighted by Crippen LogP contribution is -1.97. The normalized spacial score (nSPS) is 11.0. The number of aromatic hydroxyl groups is 1. The van der Waals surface area contributed by atoms with Crippen molar-refractivity contribution < 1.29 is 5.11 Å². The number of phenolic OH excluding ortho intramolecular Hbond substituents is 1. The molecule has 0 unspecified atom stereocenters. The van der Waals surface area contributed by atoms with Gasteiger partial charge in [0.2, 0.25) is 0 Å². The number of nitrogens with zero attached hydrogens (tertiary/aromatic N) is 2. The maximum atomic E-state index is 9.59. The third-order valence-electron chi connectivity index (χ3n) is 4.01. The summed E-state index contributed by atoms with van der Waals surface area (Å²) < 4.78 is 2.15. The highest BCUT2D eigenvalue weighted by Crippen LogP contribution is 2.24. The second-order valence-corrected chi connectivity index (χ2v) is 5.61. The molecule has 0 bridgehead atoms. The largest absolute Gasteiger partial charge is 0.508 e. The number of benzene rings is 3. The summed E-state index contributed by atoms with van der Waals surface area (Å²) in [4.78, 5) is 4.42. The molecule has 23 heavy (non-hydrogen) atoms. The molecule has 1 N–H and O–H groups in total. The number of hydrogen-bond acceptors (Lipinski definition) is 2. The molecule has 0 amide bonds. The van der Waals surface area contributed by atoms with Crippen LogP contribution in [-0.2, 0) is 6.54 Å². The zero-order chi connectivity index (χ0) is 15.6. The number of para-hydroxylation sites is 2. The zero-order valence-electron chi connectivity index (χ0n) is 12.6. The number of fused-ring (bicyclic) bond motifs is 1.